The average molecular weight is 296 g/mol. The molecule has 2 aromatic carbocycles. The molecule has 1 N–H and O–H groups in total. The quantitative estimate of drug-likeness (QED) is 0.696. The maximum Gasteiger partial charge on any atom is 0.134 e. The molecule has 3 rings (SSSR count). The van der Waals surface area contributed by atoms with Crippen molar-refractivity contribution >= 4 is 28.1 Å². The molecular weight excluding hydrogens is 282 g/mol. The van der Waals surface area contributed by atoms with Crippen molar-refractivity contribution in [3.8, 4) is 17.0 Å². The molecule has 0 unspecified atom stereocenters. The second-order valence-corrected chi connectivity index (χ2v) is 5.43. The number of hydrogen-bond acceptors (Lipinski definition) is 2. The zero-order valence-electron chi connectivity index (χ0n) is 11.6. The number of halogens is 1. The number of aromatic hydroxyl groups is 1. The molecule has 0 amide bonds. The lowest BCUT2D eigenvalue weighted by molar-refractivity contribution is 0.476. The van der Waals surface area contributed by atoms with Gasteiger partial charge in [-0.15, -0.1) is 0 Å². The van der Waals surface area contributed by atoms with Crippen molar-refractivity contribution in [2.24, 2.45) is 0 Å². The largest absolute Gasteiger partial charge is 0.506 e. The molecular formula is C18H14ClNO. The molecule has 0 saturated heterocycles. The van der Waals surface area contributed by atoms with Crippen molar-refractivity contribution in [2.45, 2.75) is 6.92 Å². The van der Waals surface area contributed by atoms with Crippen molar-refractivity contribution in [2.75, 3.05) is 0 Å². The van der Waals surface area contributed by atoms with Crippen molar-refractivity contribution in [3.63, 3.8) is 0 Å². The van der Waals surface area contributed by atoms with Crippen LogP contribution < -0.4 is 0 Å². The van der Waals surface area contributed by atoms with Gasteiger partial charge in [0.1, 0.15) is 5.75 Å². The van der Waals surface area contributed by atoms with Gasteiger partial charge in [0.25, 0.3) is 0 Å². The number of nitrogens with zero attached hydrogens (tertiary/aromatic N) is 1. The van der Waals surface area contributed by atoms with Gasteiger partial charge < -0.3 is 5.11 Å². The Morgan fingerprint density at radius 2 is 1.90 bits per heavy atom. The van der Waals surface area contributed by atoms with Crippen LogP contribution in [0.4, 0.5) is 0 Å². The number of benzene rings is 2. The van der Waals surface area contributed by atoms with Gasteiger partial charge >= 0.3 is 0 Å². The lowest BCUT2D eigenvalue weighted by atomic mass is 10.00. The first-order valence-corrected chi connectivity index (χ1v) is 6.98. The van der Waals surface area contributed by atoms with Gasteiger partial charge in [0.2, 0.25) is 0 Å². The molecule has 2 nitrogen and oxygen atoms in total. The van der Waals surface area contributed by atoms with Gasteiger partial charge in [0.05, 0.1) is 16.2 Å². The normalized spacial score (nSPS) is 10.8. The first-order chi connectivity index (χ1) is 10.1. The van der Waals surface area contributed by atoms with Crippen LogP contribution in [0.3, 0.4) is 0 Å². The number of fused-ring (bicyclic) bond motifs is 1. The molecule has 0 spiro atoms. The Labute approximate surface area is 128 Å². The monoisotopic (exact) mass is 295 g/mol. The van der Waals surface area contributed by atoms with Crippen molar-refractivity contribution < 1.29 is 5.11 Å². The van der Waals surface area contributed by atoms with Crippen LogP contribution in [-0.4, -0.2) is 10.1 Å². The standard InChI is InChI=1S/C18H14ClNO/c1-11(2)14-10-17(12-7-8-15(19)18(21)9-12)20-16-6-4-3-5-13(14)16/h3-10,21H,1H2,2H3. The van der Waals surface area contributed by atoms with E-state index in [0.717, 1.165) is 33.3 Å². The van der Waals surface area contributed by atoms with Gasteiger partial charge in [0, 0.05) is 10.9 Å². The van der Waals surface area contributed by atoms with E-state index in [1.807, 2.05) is 43.3 Å². The molecule has 0 atom stereocenters. The second-order valence-electron chi connectivity index (χ2n) is 5.02. The van der Waals surface area contributed by atoms with E-state index in [4.69, 9.17) is 11.6 Å². The molecule has 3 aromatic rings. The van der Waals surface area contributed by atoms with E-state index in [1.165, 1.54) is 0 Å². The van der Waals surface area contributed by atoms with E-state index in [2.05, 4.69) is 11.6 Å². The van der Waals surface area contributed by atoms with E-state index in [-0.39, 0.29) is 5.75 Å². The van der Waals surface area contributed by atoms with Crippen LogP contribution in [0, 0.1) is 0 Å². The molecule has 0 radical (unpaired) electrons. The number of phenolic OH excluding ortho intramolecular Hbond substituents is 1. The molecule has 1 heterocycles. The summed E-state index contributed by atoms with van der Waals surface area (Å²) in [5.41, 5.74) is 4.56. The molecule has 0 fully saturated rings. The summed E-state index contributed by atoms with van der Waals surface area (Å²) < 4.78 is 0. The van der Waals surface area contributed by atoms with E-state index in [9.17, 15) is 5.11 Å². The van der Waals surface area contributed by atoms with E-state index >= 15 is 0 Å². The molecule has 0 aliphatic rings. The number of aromatic nitrogens is 1. The molecule has 0 saturated carbocycles. The number of hydrogen-bond donors (Lipinski definition) is 1. The average Bonchev–Trinajstić information content (AvgIpc) is 2.48. The SMILES string of the molecule is C=C(C)c1cc(-c2ccc(Cl)c(O)c2)nc2ccccc12. The molecule has 104 valence electrons. The summed E-state index contributed by atoms with van der Waals surface area (Å²) in [5, 5.41) is 11.2. The summed E-state index contributed by atoms with van der Waals surface area (Å²) in [4.78, 5) is 4.66. The minimum atomic E-state index is 0.0565. The van der Waals surface area contributed by atoms with Crippen LogP contribution >= 0.6 is 11.6 Å². The summed E-state index contributed by atoms with van der Waals surface area (Å²) in [6, 6.07) is 15.1. The number of rotatable bonds is 2. The Morgan fingerprint density at radius 1 is 1.14 bits per heavy atom. The number of phenols is 1. The Bertz CT molecular complexity index is 855. The zero-order chi connectivity index (χ0) is 15.0. The van der Waals surface area contributed by atoms with Crippen LogP contribution in [0.1, 0.15) is 12.5 Å². The minimum absolute atomic E-state index is 0.0565. The molecule has 21 heavy (non-hydrogen) atoms. The summed E-state index contributed by atoms with van der Waals surface area (Å²) in [5.74, 6) is 0.0565. The summed E-state index contributed by atoms with van der Waals surface area (Å²) in [6.07, 6.45) is 0. The Morgan fingerprint density at radius 3 is 2.62 bits per heavy atom. The van der Waals surface area contributed by atoms with E-state index in [1.54, 1.807) is 12.1 Å². The third-order valence-electron chi connectivity index (χ3n) is 3.42. The summed E-state index contributed by atoms with van der Waals surface area (Å²) >= 11 is 5.86. The van der Waals surface area contributed by atoms with Gasteiger partial charge in [-0.1, -0.05) is 48.0 Å². The van der Waals surface area contributed by atoms with Crippen LogP contribution in [0.5, 0.6) is 5.75 Å². The Balaban J connectivity index is 2.28. The highest BCUT2D eigenvalue weighted by atomic mass is 35.5. The predicted molar refractivity (Wildman–Crippen MR) is 88.6 cm³/mol. The number of allylic oxidation sites excluding steroid dienone is 1. The molecule has 1 aromatic heterocycles. The molecule has 0 aliphatic heterocycles. The van der Waals surface area contributed by atoms with Crippen LogP contribution in [0.15, 0.2) is 55.1 Å². The van der Waals surface area contributed by atoms with Crippen LogP contribution in [0.25, 0.3) is 27.7 Å². The van der Waals surface area contributed by atoms with Gasteiger partial charge in [0.15, 0.2) is 0 Å². The van der Waals surface area contributed by atoms with Gasteiger partial charge in [-0.05, 0) is 36.8 Å². The molecule has 0 aliphatic carbocycles. The van der Waals surface area contributed by atoms with Gasteiger partial charge in [-0.25, -0.2) is 4.98 Å². The third kappa shape index (κ3) is 2.50. The van der Waals surface area contributed by atoms with Gasteiger partial charge in [-0.3, -0.25) is 0 Å². The lowest BCUT2D eigenvalue weighted by Crippen LogP contribution is -1.90. The van der Waals surface area contributed by atoms with Crippen molar-refractivity contribution in [1.82, 2.24) is 4.98 Å². The third-order valence-corrected chi connectivity index (χ3v) is 3.74. The van der Waals surface area contributed by atoms with Gasteiger partial charge in [-0.2, -0.15) is 0 Å². The van der Waals surface area contributed by atoms with E-state index in [0.29, 0.717) is 5.02 Å². The van der Waals surface area contributed by atoms with Crippen molar-refractivity contribution in [1.29, 1.82) is 0 Å². The smallest absolute Gasteiger partial charge is 0.134 e. The Kier molecular flexibility index (Phi) is 3.40. The van der Waals surface area contributed by atoms with Crippen LogP contribution in [-0.2, 0) is 0 Å². The second kappa shape index (κ2) is 5.23. The summed E-state index contributed by atoms with van der Waals surface area (Å²) in [6.45, 7) is 6.02. The molecule has 0 bridgehead atoms. The first kappa shape index (κ1) is 13.7. The molecule has 3 heteroatoms. The van der Waals surface area contributed by atoms with Crippen LogP contribution in [0.2, 0.25) is 5.02 Å². The maximum atomic E-state index is 9.78. The lowest BCUT2D eigenvalue weighted by Gasteiger charge is -2.10. The first-order valence-electron chi connectivity index (χ1n) is 6.61. The number of para-hydroxylation sites is 1. The fourth-order valence-electron chi connectivity index (χ4n) is 2.35. The highest BCUT2D eigenvalue weighted by molar-refractivity contribution is 6.32. The van der Waals surface area contributed by atoms with E-state index < -0.39 is 0 Å². The highest BCUT2D eigenvalue weighted by Crippen LogP contribution is 2.32. The zero-order valence-corrected chi connectivity index (χ0v) is 12.4. The Hall–Kier alpha value is -2.32. The summed E-state index contributed by atoms with van der Waals surface area (Å²) in [7, 11) is 0. The number of pyridine rings is 1. The fraction of sp³-hybridized carbons (Fsp3) is 0.0556. The minimum Gasteiger partial charge on any atom is -0.506 e. The highest BCUT2D eigenvalue weighted by Gasteiger charge is 2.09. The van der Waals surface area contributed by atoms with Crippen molar-refractivity contribution in [3.05, 3.63) is 65.7 Å². The maximum absolute atomic E-state index is 9.78. The predicted octanol–water partition coefficient (Wildman–Crippen LogP) is 5.29. The topological polar surface area (TPSA) is 33.1 Å². The fourth-order valence-corrected chi connectivity index (χ4v) is 2.47.